The Morgan fingerprint density at radius 1 is 1.15 bits per heavy atom. The van der Waals surface area contributed by atoms with Crippen molar-refractivity contribution >= 4 is 17.5 Å². The summed E-state index contributed by atoms with van der Waals surface area (Å²) in [7, 11) is 0. The van der Waals surface area contributed by atoms with Gasteiger partial charge < -0.3 is 4.90 Å². The van der Waals surface area contributed by atoms with E-state index in [2.05, 4.69) is 20.1 Å². The van der Waals surface area contributed by atoms with Crippen molar-refractivity contribution in [2.45, 2.75) is 26.4 Å². The number of hydrogen-bond acceptors (Lipinski definition) is 5. The number of halogens is 2. The molecule has 0 aliphatic rings. The van der Waals surface area contributed by atoms with Crippen LogP contribution in [-0.2, 0) is 6.54 Å². The van der Waals surface area contributed by atoms with Crippen LogP contribution >= 0.6 is 11.6 Å². The fourth-order valence-corrected chi connectivity index (χ4v) is 3.82. The number of carbonyl (C=O) groups is 1. The van der Waals surface area contributed by atoms with E-state index in [1.807, 2.05) is 20.0 Å². The van der Waals surface area contributed by atoms with Gasteiger partial charge in [-0.2, -0.15) is 5.10 Å². The second-order valence-electron chi connectivity index (χ2n) is 7.52. The van der Waals surface area contributed by atoms with Crippen molar-refractivity contribution in [1.82, 2.24) is 29.6 Å². The molecule has 7 nitrogen and oxygen atoms in total. The first kappa shape index (κ1) is 22.5. The molecule has 0 saturated carbocycles. The van der Waals surface area contributed by atoms with E-state index in [9.17, 15) is 9.18 Å². The molecular formula is C24H22ClFN6O. The van der Waals surface area contributed by atoms with Gasteiger partial charge in [0, 0.05) is 47.3 Å². The molecule has 0 N–H and O–H groups in total. The Bertz CT molecular complexity index is 1250. The highest BCUT2D eigenvalue weighted by Crippen LogP contribution is 2.26. The maximum atomic E-state index is 13.5. The van der Waals surface area contributed by atoms with E-state index >= 15 is 0 Å². The number of rotatable bonds is 7. The summed E-state index contributed by atoms with van der Waals surface area (Å²) in [6.45, 7) is 4.85. The number of carbonyl (C=O) groups excluding carboxylic acids is 1. The zero-order valence-electron chi connectivity index (χ0n) is 18.2. The van der Waals surface area contributed by atoms with Gasteiger partial charge in [-0.25, -0.2) is 14.4 Å². The highest BCUT2D eigenvalue weighted by molar-refractivity contribution is 6.31. The molecule has 0 bridgehead atoms. The third kappa shape index (κ3) is 5.06. The van der Waals surface area contributed by atoms with Crippen molar-refractivity contribution in [2.24, 2.45) is 0 Å². The molecule has 0 spiro atoms. The quantitative estimate of drug-likeness (QED) is 0.394. The molecule has 0 saturated heterocycles. The summed E-state index contributed by atoms with van der Waals surface area (Å²) in [4.78, 5) is 28.0. The Morgan fingerprint density at radius 2 is 1.94 bits per heavy atom. The normalized spacial score (nSPS) is 11.9. The van der Waals surface area contributed by atoms with Crippen molar-refractivity contribution in [3.63, 3.8) is 0 Å². The van der Waals surface area contributed by atoms with Gasteiger partial charge in [0.1, 0.15) is 5.82 Å². The molecule has 1 amide bonds. The molecular weight excluding hydrogens is 443 g/mol. The van der Waals surface area contributed by atoms with Crippen molar-refractivity contribution in [2.75, 3.05) is 6.54 Å². The van der Waals surface area contributed by atoms with Crippen LogP contribution in [0, 0.1) is 5.82 Å². The van der Waals surface area contributed by atoms with Gasteiger partial charge in [-0.15, -0.1) is 0 Å². The Labute approximate surface area is 195 Å². The van der Waals surface area contributed by atoms with Crippen LogP contribution in [0.15, 0.2) is 67.4 Å². The maximum Gasteiger partial charge on any atom is 0.254 e. The summed E-state index contributed by atoms with van der Waals surface area (Å²) < 4.78 is 14.9. The largest absolute Gasteiger partial charge is 0.334 e. The predicted octanol–water partition coefficient (Wildman–Crippen LogP) is 4.75. The van der Waals surface area contributed by atoms with Gasteiger partial charge in [0.05, 0.1) is 30.2 Å². The van der Waals surface area contributed by atoms with E-state index in [1.54, 1.807) is 58.5 Å². The number of hydrogen-bond donors (Lipinski definition) is 0. The van der Waals surface area contributed by atoms with Gasteiger partial charge in [0.15, 0.2) is 5.82 Å². The molecule has 168 valence electrons. The first-order valence-electron chi connectivity index (χ1n) is 10.5. The molecule has 0 unspecified atom stereocenters. The van der Waals surface area contributed by atoms with Crippen LogP contribution in [0.3, 0.4) is 0 Å². The monoisotopic (exact) mass is 464 g/mol. The molecule has 4 aromatic rings. The Kier molecular flexibility index (Phi) is 6.74. The number of pyridine rings is 1. The van der Waals surface area contributed by atoms with Crippen LogP contribution in [0.5, 0.6) is 0 Å². The van der Waals surface area contributed by atoms with Gasteiger partial charge in [0.25, 0.3) is 5.91 Å². The third-order valence-corrected chi connectivity index (χ3v) is 5.50. The minimum absolute atomic E-state index is 0.164. The van der Waals surface area contributed by atoms with Crippen LogP contribution in [0.4, 0.5) is 4.39 Å². The zero-order chi connectivity index (χ0) is 23.4. The second-order valence-corrected chi connectivity index (χ2v) is 7.95. The Morgan fingerprint density at radius 3 is 2.64 bits per heavy atom. The molecule has 0 aliphatic carbocycles. The van der Waals surface area contributed by atoms with E-state index in [1.165, 1.54) is 12.3 Å². The topological polar surface area (TPSA) is 76.8 Å². The maximum absolute atomic E-state index is 13.5. The summed E-state index contributed by atoms with van der Waals surface area (Å²) in [5.74, 6) is -0.0922. The summed E-state index contributed by atoms with van der Waals surface area (Å²) in [6.07, 6.45) is 7.95. The predicted molar refractivity (Wildman–Crippen MR) is 124 cm³/mol. The van der Waals surface area contributed by atoms with E-state index in [-0.39, 0.29) is 11.9 Å². The summed E-state index contributed by atoms with van der Waals surface area (Å²) >= 11 is 6.22. The fraction of sp³-hybridized carbons (Fsp3) is 0.208. The van der Waals surface area contributed by atoms with Crippen LogP contribution in [0.25, 0.3) is 22.6 Å². The summed E-state index contributed by atoms with van der Waals surface area (Å²) in [5.41, 5.74) is 2.47. The molecule has 0 aliphatic heterocycles. The molecule has 0 radical (unpaired) electrons. The highest BCUT2D eigenvalue weighted by Gasteiger charge is 2.24. The minimum atomic E-state index is -0.391. The molecule has 3 heterocycles. The van der Waals surface area contributed by atoms with E-state index in [4.69, 9.17) is 11.6 Å². The lowest BCUT2D eigenvalue weighted by molar-refractivity contribution is 0.0686. The Hall–Kier alpha value is -3.65. The summed E-state index contributed by atoms with van der Waals surface area (Å²) in [6, 6.07) is 9.66. The molecule has 1 atom stereocenters. The zero-order valence-corrected chi connectivity index (χ0v) is 18.9. The highest BCUT2D eigenvalue weighted by atomic mass is 35.5. The molecule has 3 aromatic heterocycles. The molecule has 33 heavy (non-hydrogen) atoms. The first-order chi connectivity index (χ1) is 16.0. The first-order valence-corrected chi connectivity index (χ1v) is 10.9. The third-order valence-electron chi connectivity index (χ3n) is 5.26. The molecule has 4 rings (SSSR count). The smallest absolute Gasteiger partial charge is 0.254 e. The fourth-order valence-electron chi connectivity index (χ4n) is 3.65. The van der Waals surface area contributed by atoms with Crippen molar-refractivity contribution in [1.29, 1.82) is 0 Å². The van der Waals surface area contributed by atoms with Crippen LogP contribution < -0.4 is 0 Å². The Balaban J connectivity index is 1.56. The lowest BCUT2D eigenvalue weighted by Crippen LogP contribution is -2.41. The van der Waals surface area contributed by atoms with Crippen LogP contribution in [-0.4, -0.2) is 48.1 Å². The van der Waals surface area contributed by atoms with Gasteiger partial charge in [0.2, 0.25) is 0 Å². The second kappa shape index (κ2) is 9.87. The molecule has 9 heteroatoms. The van der Waals surface area contributed by atoms with Crippen molar-refractivity contribution in [3.8, 4) is 22.6 Å². The van der Waals surface area contributed by atoms with Gasteiger partial charge in [-0.3, -0.25) is 14.5 Å². The number of benzene rings is 1. The standard InChI is InChI=1S/C24H22ClFN6O/c1-3-32(16(2)14-31-15-17(12-30-31)22-8-6-19(26)13-29-22)24(33)21-11-18(25)5-7-20(21)23-27-9-4-10-28-23/h4-13,15-16H,3,14H2,1-2H3/t16-/m0/s1. The summed E-state index contributed by atoms with van der Waals surface area (Å²) in [5, 5.41) is 4.85. The minimum Gasteiger partial charge on any atom is -0.334 e. The average Bonchev–Trinajstić information content (AvgIpc) is 3.28. The van der Waals surface area contributed by atoms with E-state index < -0.39 is 5.82 Å². The van der Waals surface area contributed by atoms with Crippen LogP contribution in [0.2, 0.25) is 5.02 Å². The molecule has 0 fully saturated rings. The van der Waals surface area contributed by atoms with Gasteiger partial charge in [-0.05, 0) is 50.2 Å². The number of nitrogens with zero attached hydrogens (tertiary/aromatic N) is 6. The van der Waals surface area contributed by atoms with Crippen molar-refractivity contribution in [3.05, 3.63) is 83.8 Å². The SMILES string of the molecule is CCN(C(=O)c1cc(Cl)ccc1-c1ncccn1)[C@@H](C)Cn1cc(-c2ccc(F)cn2)cn1. The number of aromatic nitrogens is 5. The number of likely N-dealkylation sites (N-methyl/N-ethyl adjacent to an activating group) is 1. The lowest BCUT2D eigenvalue weighted by Gasteiger charge is -2.29. The lowest BCUT2D eigenvalue weighted by atomic mass is 10.0. The van der Waals surface area contributed by atoms with E-state index in [0.29, 0.717) is 40.8 Å². The van der Waals surface area contributed by atoms with Crippen molar-refractivity contribution < 1.29 is 9.18 Å². The number of amides is 1. The molecule has 1 aromatic carbocycles. The van der Waals surface area contributed by atoms with Gasteiger partial charge >= 0.3 is 0 Å². The van der Waals surface area contributed by atoms with Crippen LogP contribution in [0.1, 0.15) is 24.2 Å². The average molecular weight is 465 g/mol. The van der Waals surface area contributed by atoms with E-state index in [0.717, 1.165) is 5.56 Å². The van der Waals surface area contributed by atoms with Gasteiger partial charge in [-0.1, -0.05) is 11.6 Å².